The molecule has 0 amide bonds. The van der Waals surface area contributed by atoms with E-state index < -0.39 is 11.7 Å². The zero-order valence-electron chi connectivity index (χ0n) is 10.7. The van der Waals surface area contributed by atoms with Crippen molar-refractivity contribution in [2.75, 3.05) is 0 Å². The first-order chi connectivity index (χ1) is 9.27. The number of nitrogens with two attached hydrogens (primary N) is 1. The van der Waals surface area contributed by atoms with E-state index in [1.54, 1.807) is 18.2 Å². The molecule has 108 valence electrons. The molecule has 0 aliphatic heterocycles. The summed E-state index contributed by atoms with van der Waals surface area (Å²) < 4.78 is 38.7. The molecule has 0 fully saturated rings. The van der Waals surface area contributed by atoms with Gasteiger partial charge in [0.05, 0.1) is 17.4 Å². The van der Waals surface area contributed by atoms with Crippen LogP contribution in [-0.2, 0) is 12.6 Å². The number of halogens is 4. The fourth-order valence-corrected chi connectivity index (χ4v) is 2.05. The van der Waals surface area contributed by atoms with Crippen LogP contribution in [0, 0.1) is 0 Å². The Balaban J connectivity index is 2.30. The van der Waals surface area contributed by atoms with Crippen LogP contribution in [0.5, 0.6) is 0 Å². The van der Waals surface area contributed by atoms with Gasteiger partial charge in [-0.3, -0.25) is 0 Å². The van der Waals surface area contributed by atoms with E-state index in [1.165, 1.54) is 0 Å². The molecule has 0 saturated heterocycles. The van der Waals surface area contributed by atoms with Gasteiger partial charge in [-0.05, 0) is 31.0 Å². The van der Waals surface area contributed by atoms with Crippen molar-refractivity contribution >= 4 is 11.6 Å². The Labute approximate surface area is 119 Å². The van der Waals surface area contributed by atoms with Gasteiger partial charge in [0.15, 0.2) is 0 Å². The van der Waals surface area contributed by atoms with Gasteiger partial charge in [0.1, 0.15) is 0 Å². The molecule has 7 heteroatoms. The van der Waals surface area contributed by atoms with Gasteiger partial charge >= 0.3 is 6.18 Å². The topological polar surface area (TPSA) is 43.8 Å². The zero-order chi connectivity index (χ0) is 14.9. The highest BCUT2D eigenvalue weighted by atomic mass is 35.5. The van der Waals surface area contributed by atoms with Gasteiger partial charge in [0, 0.05) is 17.3 Å². The summed E-state index contributed by atoms with van der Waals surface area (Å²) in [6.07, 6.45) is -2.09. The molecule has 3 nitrogen and oxygen atoms in total. The number of hydrogen-bond donors (Lipinski definition) is 1. The van der Waals surface area contributed by atoms with Crippen molar-refractivity contribution in [3.05, 3.63) is 46.7 Å². The van der Waals surface area contributed by atoms with Crippen molar-refractivity contribution in [3.63, 3.8) is 0 Å². The quantitative estimate of drug-likeness (QED) is 0.944. The normalized spacial score (nSPS) is 13.5. The molecule has 1 aromatic heterocycles. The van der Waals surface area contributed by atoms with Crippen molar-refractivity contribution in [2.24, 2.45) is 5.73 Å². The molecule has 1 unspecified atom stereocenters. The maximum atomic E-state index is 12.5. The second kappa shape index (κ2) is 5.46. The highest BCUT2D eigenvalue weighted by Gasteiger charge is 2.32. The molecule has 0 spiro atoms. The number of hydrogen-bond acceptors (Lipinski definition) is 2. The molecule has 1 aromatic carbocycles. The third kappa shape index (κ3) is 3.32. The first-order valence-electron chi connectivity index (χ1n) is 5.93. The third-order valence-electron chi connectivity index (χ3n) is 2.75. The fraction of sp³-hybridized carbons (Fsp3) is 0.308. The maximum Gasteiger partial charge on any atom is 0.419 e. The molecule has 0 radical (unpaired) electrons. The Morgan fingerprint density at radius 1 is 1.40 bits per heavy atom. The average molecular weight is 304 g/mol. The van der Waals surface area contributed by atoms with Crippen molar-refractivity contribution in [1.29, 1.82) is 0 Å². The number of aromatic nitrogens is 2. The van der Waals surface area contributed by atoms with Gasteiger partial charge in [-0.25, -0.2) is 4.68 Å². The lowest BCUT2D eigenvalue weighted by molar-refractivity contribution is -0.137. The highest BCUT2D eigenvalue weighted by Crippen LogP contribution is 2.29. The van der Waals surface area contributed by atoms with Crippen molar-refractivity contribution < 1.29 is 13.2 Å². The Morgan fingerprint density at radius 3 is 2.60 bits per heavy atom. The first kappa shape index (κ1) is 14.9. The Bertz CT molecular complexity index is 605. The average Bonchev–Trinajstić information content (AvgIpc) is 2.80. The zero-order valence-corrected chi connectivity index (χ0v) is 11.4. The molecule has 2 aromatic rings. The second-order valence-electron chi connectivity index (χ2n) is 4.63. The monoisotopic (exact) mass is 303 g/mol. The molecule has 0 bridgehead atoms. The number of benzene rings is 1. The third-order valence-corrected chi connectivity index (χ3v) is 3.10. The molecule has 0 aliphatic rings. The lowest BCUT2D eigenvalue weighted by Crippen LogP contribution is -2.18. The first-order valence-corrected chi connectivity index (χ1v) is 6.31. The van der Waals surface area contributed by atoms with Crippen LogP contribution in [0.2, 0.25) is 5.02 Å². The summed E-state index contributed by atoms with van der Waals surface area (Å²) in [6, 6.07) is 4.94. The fourth-order valence-electron chi connectivity index (χ4n) is 1.80. The minimum Gasteiger partial charge on any atom is -0.328 e. The predicted octanol–water partition coefficient (Wildman–Crippen LogP) is 3.43. The van der Waals surface area contributed by atoms with E-state index in [0.717, 1.165) is 22.6 Å². The molecule has 1 heterocycles. The Morgan fingerprint density at radius 2 is 2.10 bits per heavy atom. The van der Waals surface area contributed by atoms with Gasteiger partial charge in [-0.1, -0.05) is 17.7 Å². The van der Waals surface area contributed by atoms with Crippen LogP contribution in [0.25, 0.3) is 5.69 Å². The van der Waals surface area contributed by atoms with Gasteiger partial charge in [0.25, 0.3) is 0 Å². The minimum atomic E-state index is -4.41. The van der Waals surface area contributed by atoms with Gasteiger partial charge in [-0.15, -0.1) is 0 Å². The minimum absolute atomic E-state index is 0.0418. The van der Waals surface area contributed by atoms with E-state index >= 15 is 0 Å². The van der Waals surface area contributed by atoms with Crippen LogP contribution in [0.15, 0.2) is 30.6 Å². The second-order valence-corrected chi connectivity index (χ2v) is 5.04. The molecular weight excluding hydrogens is 291 g/mol. The van der Waals surface area contributed by atoms with E-state index in [4.69, 9.17) is 17.3 Å². The summed E-state index contributed by atoms with van der Waals surface area (Å²) in [4.78, 5) is 0. The summed E-state index contributed by atoms with van der Waals surface area (Å²) >= 11 is 6.10. The van der Waals surface area contributed by atoms with E-state index in [0.29, 0.717) is 17.1 Å². The summed E-state index contributed by atoms with van der Waals surface area (Å²) in [5.41, 5.74) is 6.22. The van der Waals surface area contributed by atoms with E-state index in [1.807, 2.05) is 6.92 Å². The lowest BCUT2D eigenvalue weighted by atomic mass is 10.1. The smallest absolute Gasteiger partial charge is 0.328 e. The van der Waals surface area contributed by atoms with Gasteiger partial charge < -0.3 is 5.73 Å². The van der Waals surface area contributed by atoms with Crippen molar-refractivity contribution in [2.45, 2.75) is 25.6 Å². The van der Waals surface area contributed by atoms with Crippen LogP contribution < -0.4 is 5.73 Å². The van der Waals surface area contributed by atoms with Crippen molar-refractivity contribution in [1.82, 2.24) is 9.78 Å². The molecule has 0 saturated carbocycles. The summed E-state index contributed by atoms with van der Waals surface area (Å²) in [5, 5.41) is 4.16. The summed E-state index contributed by atoms with van der Waals surface area (Å²) in [6.45, 7) is 1.85. The van der Waals surface area contributed by atoms with Gasteiger partial charge in [0.2, 0.25) is 0 Å². The summed E-state index contributed by atoms with van der Waals surface area (Å²) in [5.74, 6) is 0. The standard InChI is InChI=1S/C13H13ClF3N3/c1-8(18)4-9-2-3-11(5-12(9)14)20-7-10(6-19-20)13(15,16)17/h2-3,5-8H,4,18H2,1H3. The van der Waals surface area contributed by atoms with E-state index in [-0.39, 0.29) is 6.04 Å². The van der Waals surface area contributed by atoms with E-state index in [9.17, 15) is 13.2 Å². The Kier molecular flexibility index (Phi) is 4.06. The summed E-state index contributed by atoms with van der Waals surface area (Å²) in [7, 11) is 0. The largest absolute Gasteiger partial charge is 0.419 e. The van der Waals surface area contributed by atoms with Crippen LogP contribution >= 0.6 is 11.6 Å². The highest BCUT2D eigenvalue weighted by molar-refractivity contribution is 6.31. The SMILES string of the molecule is CC(N)Cc1ccc(-n2cc(C(F)(F)F)cn2)cc1Cl. The van der Waals surface area contributed by atoms with Crippen molar-refractivity contribution in [3.8, 4) is 5.69 Å². The molecule has 20 heavy (non-hydrogen) atoms. The Hall–Kier alpha value is -1.53. The van der Waals surface area contributed by atoms with E-state index in [2.05, 4.69) is 5.10 Å². The van der Waals surface area contributed by atoms with Crippen LogP contribution in [0.1, 0.15) is 18.1 Å². The van der Waals surface area contributed by atoms with Crippen LogP contribution in [-0.4, -0.2) is 15.8 Å². The molecular formula is C13H13ClF3N3. The molecule has 2 rings (SSSR count). The van der Waals surface area contributed by atoms with Crippen LogP contribution in [0.4, 0.5) is 13.2 Å². The van der Waals surface area contributed by atoms with Gasteiger partial charge in [-0.2, -0.15) is 18.3 Å². The predicted molar refractivity (Wildman–Crippen MR) is 70.9 cm³/mol. The molecule has 0 aliphatic carbocycles. The van der Waals surface area contributed by atoms with Crippen LogP contribution in [0.3, 0.4) is 0 Å². The maximum absolute atomic E-state index is 12.5. The molecule has 1 atom stereocenters. The lowest BCUT2D eigenvalue weighted by Gasteiger charge is -2.09. The number of rotatable bonds is 3. The number of nitrogens with zero attached hydrogens (tertiary/aromatic N) is 2. The molecule has 2 N–H and O–H groups in total. The number of alkyl halides is 3.